The highest BCUT2D eigenvalue weighted by atomic mass is 35.5. The molecule has 1 saturated heterocycles. The lowest BCUT2D eigenvalue weighted by molar-refractivity contribution is -0.122. The fourth-order valence-electron chi connectivity index (χ4n) is 2.33. The maximum atomic E-state index is 12.6. The van der Waals surface area contributed by atoms with Gasteiger partial charge in [-0.25, -0.2) is 0 Å². The van der Waals surface area contributed by atoms with E-state index in [4.69, 9.17) is 35.4 Å². The second-order valence-corrected chi connectivity index (χ2v) is 8.35. The molecule has 8 heteroatoms. The molecule has 0 radical (unpaired) electrons. The predicted molar refractivity (Wildman–Crippen MR) is 120 cm³/mol. The number of hydrazone groups is 1. The topological polar surface area (TPSA) is 35.9 Å². The molecule has 1 heterocycles. The zero-order valence-corrected chi connectivity index (χ0v) is 17.7. The molecule has 0 atom stereocenters. The second kappa shape index (κ2) is 8.44. The number of amides is 1. The molecule has 0 bridgehead atoms. The summed E-state index contributed by atoms with van der Waals surface area (Å²) in [6.45, 7) is 0. The number of thiocarbonyl (C=S) groups is 1. The first kappa shape index (κ1) is 19.9. The van der Waals surface area contributed by atoms with E-state index in [0.717, 1.165) is 11.3 Å². The summed E-state index contributed by atoms with van der Waals surface area (Å²) in [4.78, 5) is 15.2. The highest BCUT2D eigenvalue weighted by molar-refractivity contribution is 8.26. The molecule has 2 aromatic rings. The molecule has 0 spiro atoms. The normalized spacial score (nSPS) is 16.0. The lowest BCUT2D eigenvalue weighted by Crippen LogP contribution is -2.22. The van der Waals surface area contributed by atoms with E-state index in [1.165, 1.54) is 23.0 Å². The Labute approximate surface area is 177 Å². The molecule has 0 unspecified atom stereocenters. The zero-order chi connectivity index (χ0) is 19.6. The summed E-state index contributed by atoms with van der Waals surface area (Å²) in [6, 6.07) is 13.0. The van der Waals surface area contributed by atoms with Gasteiger partial charge in [-0.05, 0) is 48.1 Å². The quantitative estimate of drug-likeness (QED) is 0.371. The van der Waals surface area contributed by atoms with E-state index in [1.54, 1.807) is 24.3 Å². The Morgan fingerprint density at radius 3 is 2.33 bits per heavy atom. The summed E-state index contributed by atoms with van der Waals surface area (Å²) >= 11 is 18.8. The Balaban J connectivity index is 1.81. The van der Waals surface area contributed by atoms with Crippen LogP contribution in [0.1, 0.15) is 11.1 Å². The first-order valence-corrected chi connectivity index (χ1v) is 9.88. The summed E-state index contributed by atoms with van der Waals surface area (Å²) in [5, 5.41) is 6.27. The first-order valence-electron chi connectivity index (χ1n) is 7.90. The molecular formula is C19H15Cl2N3OS2. The fourth-order valence-corrected chi connectivity index (χ4v) is 4.00. The van der Waals surface area contributed by atoms with E-state index in [1.807, 2.05) is 43.3 Å². The molecule has 1 aliphatic heterocycles. The minimum atomic E-state index is -0.277. The number of halogens is 2. The van der Waals surface area contributed by atoms with E-state index in [2.05, 4.69) is 5.10 Å². The molecule has 3 rings (SSSR count). The number of hydrogen-bond donors (Lipinski definition) is 0. The van der Waals surface area contributed by atoms with Gasteiger partial charge in [-0.2, -0.15) is 10.1 Å². The average molecular weight is 436 g/mol. The summed E-state index contributed by atoms with van der Waals surface area (Å²) < 4.78 is 0.357. The van der Waals surface area contributed by atoms with Gasteiger partial charge in [-0.3, -0.25) is 4.79 Å². The SMILES string of the molecule is CN(C)c1ccc(/C=C2/SC(=S)N(/N=C/c3c(Cl)cccc3Cl)C2=O)cc1. The van der Waals surface area contributed by atoms with Crippen LogP contribution in [0.25, 0.3) is 6.08 Å². The lowest BCUT2D eigenvalue weighted by atomic mass is 10.2. The van der Waals surface area contributed by atoms with Crippen molar-refractivity contribution in [2.24, 2.45) is 5.10 Å². The van der Waals surface area contributed by atoms with Crippen molar-refractivity contribution in [3.05, 3.63) is 68.5 Å². The largest absolute Gasteiger partial charge is 0.378 e. The third-order valence-electron chi connectivity index (χ3n) is 3.78. The number of anilines is 1. The van der Waals surface area contributed by atoms with Gasteiger partial charge in [-0.1, -0.05) is 53.2 Å². The van der Waals surface area contributed by atoms with Gasteiger partial charge in [0.1, 0.15) is 0 Å². The van der Waals surface area contributed by atoms with Crippen LogP contribution in [0.15, 0.2) is 52.5 Å². The van der Waals surface area contributed by atoms with E-state index in [9.17, 15) is 4.79 Å². The number of hydrogen-bond acceptors (Lipinski definition) is 5. The predicted octanol–water partition coefficient (Wildman–Crippen LogP) is 5.29. The smallest absolute Gasteiger partial charge is 0.286 e. The minimum Gasteiger partial charge on any atom is -0.378 e. The van der Waals surface area contributed by atoms with Crippen molar-refractivity contribution in [1.29, 1.82) is 0 Å². The van der Waals surface area contributed by atoms with Crippen LogP contribution < -0.4 is 4.90 Å². The molecule has 1 fully saturated rings. The van der Waals surface area contributed by atoms with E-state index >= 15 is 0 Å². The van der Waals surface area contributed by atoms with Crippen LogP contribution >= 0.6 is 47.2 Å². The van der Waals surface area contributed by atoms with Crippen LogP contribution in [0.5, 0.6) is 0 Å². The molecule has 2 aromatic carbocycles. The standard InChI is InChI=1S/C19H15Cl2N3OS2/c1-23(2)13-8-6-12(7-9-13)10-17-18(25)24(19(26)27-17)22-11-14-15(20)4-3-5-16(14)21/h3-11H,1-2H3/b17-10+,22-11+. The average Bonchev–Trinajstić information content (AvgIpc) is 2.89. The molecular weight excluding hydrogens is 421 g/mol. The zero-order valence-electron chi connectivity index (χ0n) is 14.5. The van der Waals surface area contributed by atoms with Crippen LogP contribution in [-0.2, 0) is 4.79 Å². The molecule has 27 heavy (non-hydrogen) atoms. The Bertz CT molecular complexity index is 936. The molecule has 1 aliphatic rings. The number of nitrogens with zero attached hydrogens (tertiary/aromatic N) is 3. The number of rotatable bonds is 4. The Kier molecular flexibility index (Phi) is 6.22. The van der Waals surface area contributed by atoms with Crippen molar-refractivity contribution in [2.45, 2.75) is 0 Å². The summed E-state index contributed by atoms with van der Waals surface area (Å²) in [5.41, 5.74) is 2.54. The van der Waals surface area contributed by atoms with Crippen molar-refractivity contribution in [3.8, 4) is 0 Å². The first-order chi connectivity index (χ1) is 12.9. The van der Waals surface area contributed by atoms with Crippen LogP contribution in [0.2, 0.25) is 10.0 Å². The van der Waals surface area contributed by atoms with Crippen LogP contribution in [-0.4, -0.2) is 35.5 Å². The molecule has 0 aliphatic carbocycles. The Morgan fingerprint density at radius 2 is 1.74 bits per heavy atom. The molecule has 1 amide bonds. The Morgan fingerprint density at radius 1 is 1.11 bits per heavy atom. The number of thioether (sulfide) groups is 1. The lowest BCUT2D eigenvalue weighted by Gasteiger charge is -2.11. The van der Waals surface area contributed by atoms with Gasteiger partial charge in [0.25, 0.3) is 5.91 Å². The van der Waals surface area contributed by atoms with Crippen molar-refractivity contribution < 1.29 is 4.79 Å². The van der Waals surface area contributed by atoms with Gasteiger partial charge in [0, 0.05) is 25.3 Å². The summed E-state index contributed by atoms with van der Waals surface area (Å²) in [5.74, 6) is -0.277. The van der Waals surface area contributed by atoms with Crippen molar-refractivity contribution in [3.63, 3.8) is 0 Å². The molecule has 138 valence electrons. The van der Waals surface area contributed by atoms with Gasteiger partial charge in [0.2, 0.25) is 0 Å². The van der Waals surface area contributed by atoms with Gasteiger partial charge in [0.15, 0.2) is 4.32 Å². The fraction of sp³-hybridized carbons (Fsp3) is 0.105. The minimum absolute atomic E-state index is 0.277. The number of carbonyl (C=O) groups excluding carboxylic acids is 1. The number of benzene rings is 2. The Hall–Kier alpha value is -1.86. The van der Waals surface area contributed by atoms with Crippen molar-refractivity contribution >= 4 is 75.4 Å². The van der Waals surface area contributed by atoms with Crippen LogP contribution in [0.4, 0.5) is 5.69 Å². The molecule has 0 N–H and O–H groups in total. The molecule has 4 nitrogen and oxygen atoms in total. The van der Waals surface area contributed by atoms with Gasteiger partial charge >= 0.3 is 0 Å². The highest BCUT2D eigenvalue weighted by Crippen LogP contribution is 2.33. The third-order valence-corrected chi connectivity index (χ3v) is 5.72. The maximum Gasteiger partial charge on any atom is 0.286 e. The molecule has 0 saturated carbocycles. The van der Waals surface area contributed by atoms with Crippen LogP contribution in [0, 0.1) is 0 Å². The second-order valence-electron chi connectivity index (χ2n) is 5.86. The van der Waals surface area contributed by atoms with Crippen molar-refractivity contribution in [2.75, 3.05) is 19.0 Å². The van der Waals surface area contributed by atoms with Crippen LogP contribution in [0.3, 0.4) is 0 Å². The third kappa shape index (κ3) is 4.52. The van der Waals surface area contributed by atoms with E-state index in [0.29, 0.717) is 24.8 Å². The molecule has 0 aromatic heterocycles. The van der Waals surface area contributed by atoms with Crippen molar-refractivity contribution in [1.82, 2.24) is 5.01 Å². The highest BCUT2D eigenvalue weighted by Gasteiger charge is 2.32. The van der Waals surface area contributed by atoms with E-state index in [-0.39, 0.29) is 5.91 Å². The number of carbonyl (C=O) groups is 1. The van der Waals surface area contributed by atoms with Gasteiger partial charge in [-0.15, -0.1) is 0 Å². The van der Waals surface area contributed by atoms with Gasteiger partial charge < -0.3 is 4.90 Å². The summed E-state index contributed by atoms with van der Waals surface area (Å²) in [7, 11) is 3.95. The monoisotopic (exact) mass is 435 g/mol. The summed E-state index contributed by atoms with van der Waals surface area (Å²) in [6.07, 6.45) is 3.25. The van der Waals surface area contributed by atoms with E-state index < -0.39 is 0 Å². The maximum absolute atomic E-state index is 12.6. The van der Waals surface area contributed by atoms with Gasteiger partial charge in [0.05, 0.1) is 21.2 Å².